The molecule has 1 aromatic heterocycles. The Balaban J connectivity index is 1.83. The monoisotopic (exact) mass is 437 g/mol. The van der Waals surface area contributed by atoms with E-state index in [1.54, 1.807) is 24.3 Å². The molecule has 1 amide bonds. The first kappa shape index (κ1) is 22.1. The van der Waals surface area contributed by atoms with E-state index in [9.17, 15) is 14.4 Å². The molecule has 33 heavy (non-hydrogen) atoms. The average Bonchev–Trinajstić information content (AvgIpc) is 3.09. The van der Waals surface area contributed by atoms with Gasteiger partial charge < -0.3 is 0 Å². The lowest BCUT2D eigenvalue weighted by molar-refractivity contribution is -0.135. The third-order valence-corrected chi connectivity index (χ3v) is 5.99. The minimum Gasteiger partial charge on any atom is -0.293 e. The van der Waals surface area contributed by atoms with Crippen molar-refractivity contribution in [2.45, 2.75) is 32.7 Å². The molecule has 0 aliphatic carbocycles. The fourth-order valence-electron chi connectivity index (χ4n) is 4.09. The lowest BCUT2D eigenvalue weighted by atomic mass is 9.85. The number of carbonyl (C=O) groups excluding carboxylic acids is 3. The summed E-state index contributed by atoms with van der Waals surface area (Å²) < 4.78 is 0. The molecule has 1 fully saturated rings. The van der Waals surface area contributed by atoms with Crippen molar-refractivity contribution in [3.05, 3.63) is 94.7 Å². The highest BCUT2D eigenvalue weighted by Crippen LogP contribution is 2.41. The molecular formula is C27H23N3O3. The molecule has 0 bridgehead atoms. The van der Waals surface area contributed by atoms with Gasteiger partial charge in [-0.1, -0.05) is 67.9 Å². The van der Waals surface area contributed by atoms with Gasteiger partial charge in [0.15, 0.2) is 5.78 Å². The number of hydrogen-bond acceptors (Lipinski definition) is 5. The maximum atomic E-state index is 13.5. The van der Waals surface area contributed by atoms with Crippen LogP contribution in [0.2, 0.25) is 0 Å². The van der Waals surface area contributed by atoms with Gasteiger partial charge in [0.25, 0.3) is 5.91 Å². The second-order valence-electron chi connectivity index (χ2n) is 8.53. The Morgan fingerprint density at radius 3 is 2.21 bits per heavy atom. The number of benzene rings is 2. The lowest BCUT2D eigenvalue weighted by Gasteiger charge is -2.26. The summed E-state index contributed by atoms with van der Waals surface area (Å²) in [6.07, 6.45) is 1.35. The van der Waals surface area contributed by atoms with Crippen LogP contribution in [0.5, 0.6) is 0 Å². The van der Waals surface area contributed by atoms with E-state index in [-0.39, 0.29) is 5.82 Å². The summed E-state index contributed by atoms with van der Waals surface area (Å²) in [6, 6.07) is 18.8. The smallest absolute Gasteiger partial charge is 0.293 e. The zero-order valence-electron chi connectivity index (χ0n) is 18.6. The van der Waals surface area contributed by atoms with Gasteiger partial charge in [0.1, 0.15) is 17.8 Å². The van der Waals surface area contributed by atoms with E-state index in [4.69, 9.17) is 5.26 Å². The van der Waals surface area contributed by atoms with E-state index in [1.807, 2.05) is 37.3 Å². The standard InChI is InChI=1S/C27H23N3O3/c1-16(2)19-9-11-20(12-10-19)24-23(25(31)21-7-4-17(3)5-8-21)26(32)27(33)30(24)22-13-6-18(14-28)15-29-22/h4-13,15-16,23-24H,1-3H3. The van der Waals surface area contributed by atoms with Gasteiger partial charge in [0, 0.05) is 11.8 Å². The highest BCUT2D eigenvalue weighted by molar-refractivity contribution is 6.48. The van der Waals surface area contributed by atoms with E-state index < -0.39 is 29.4 Å². The molecule has 0 saturated carbocycles. The maximum Gasteiger partial charge on any atom is 0.297 e. The van der Waals surface area contributed by atoms with Crippen molar-refractivity contribution in [1.29, 1.82) is 5.26 Å². The van der Waals surface area contributed by atoms with E-state index in [2.05, 4.69) is 18.8 Å². The molecule has 6 nitrogen and oxygen atoms in total. The number of rotatable bonds is 5. The van der Waals surface area contributed by atoms with Gasteiger partial charge in [-0.05, 0) is 36.1 Å². The van der Waals surface area contributed by atoms with Crippen LogP contribution < -0.4 is 4.90 Å². The first-order valence-corrected chi connectivity index (χ1v) is 10.8. The SMILES string of the molecule is Cc1ccc(C(=O)C2C(=O)C(=O)N(c3ccc(C#N)cn3)C2c2ccc(C(C)C)cc2)cc1. The number of anilines is 1. The van der Waals surface area contributed by atoms with Crippen LogP contribution in [0.25, 0.3) is 0 Å². The normalized spacial score (nSPS) is 18.0. The van der Waals surface area contributed by atoms with Crippen LogP contribution in [0.15, 0.2) is 66.9 Å². The second-order valence-corrected chi connectivity index (χ2v) is 8.53. The number of carbonyl (C=O) groups is 3. The second kappa shape index (κ2) is 8.79. The zero-order chi connectivity index (χ0) is 23.7. The molecule has 0 N–H and O–H groups in total. The minimum atomic E-state index is -1.19. The summed E-state index contributed by atoms with van der Waals surface area (Å²) in [4.78, 5) is 45.3. The van der Waals surface area contributed by atoms with Crippen molar-refractivity contribution in [1.82, 2.24) is 4.98 Å². The third-order valence-electron chi connectivity index (χ3n) is 5.99. The molecular weight excluding hydrogens is 414 g/mol. The molecule has 0 spiro atoms. The van der Waals surface area contributed by atoms with Gasteiger partial charge in [-0.15, -0.1) is 0 Å². The summed E-state index contributed by atoms with van der Waals surface area (Å²) in [7, 11) is 0. The predicted octanol–water partition coefficient (Wildman–Crippen LogP) is 4.54. The number of Topliss-reactive ketones (excluding diaryl/α,β-unsaturated/α-hetero) is 2. The average molecular weight is 437 g/mol. The number of aromatic nitrogens is 1. The van der Waals surface area contributed by atoms with Crippen LogP contribution in [-0.4, -0.2) is 22.5 Å². The number of aryl methyl sites for hydroxylation is 1. The quantitative estimate of drug-likeness (QED) is 0.332. The van der Waals surface area contributed by atoms with Crippen molar-refractivity contribution < 1.29 is 14.4 Å². The van der Waals surface area contributed by atoms with Crippen LogP contribution >= 0.6 is 0 Å². The van der Waals surface area contributed by atoms with Crippen molar-refractivity contribution in [3.63, 3.8) is 0 Å². The first-order chi connectivity index (χ1) is 15.8. The van der Waals surface area contributed by atoms with Crippen LogP contribution in [0.3, 0.4) is 0 Å². The number of pyridine rings is 1. The van der Waals surface area contributed by atoms with Crippen LogP contribution in [0, 0.1) is 24.2 Å². The van der Waals surface area contributed by atoms with Gasteiger partial charge in [-0.2, -0.15) is 5.26 Å². The molecule has 164 valence electrons. The number of ketones is 2. The Hall–Kier alpha value is -4.11. The zero-order valence-corrected chi connectivity index (χ0v) is 18.6. The first-order valence-electron chi connectivity index (χ1n) is 10.8. The number of amides is 1. The topological polar surface area (TPSA) is 91.1 Å². The van der Waals surface area contributed by atoms with Crippen molar-refractivity contribution in [2.75, 3.05) is 4.90 Å². The van der Waals surface area contributed by atoms with E-state index in [1.165, 1.54) is 23.2 Å². The summed E-state index contributed by atoms with van der Waals surface area (Å²) in [5.74, 6) is -2.60. The van der Waals surface area contributed by atoms with E-state index in [0.29, 0.717) is 22.6 Å². The number of nitrogens with zero attached hydrogens (tertiary/aromatic N) is 3. The summed E-state index contributed by atoms with van der Waals surface area (Å²) in [5.41, 5.74) is 3.49. The maximum absolute atomic E-state index is 13.5. The minimum absolute atomic E-state index is 0.226. The van der Waals surface area contributed by atoms with Gasteiger partial charge in [-0.25, -0.2) is 4.98 Å². The van der Waals surface area contributed by atoms with Crippen LogP contribution in [0.1, 0.15) is 58.4 Å². The Morgan fingerprint density at radius 1 is 1.00 bits per heavy atom. The molecule has 2 heterocycles. The Bertz CT molecular complexity index is 1250. The molecule has 2 aromatic carbocycles. The van der Waals surface area contributed by atoms with Crippen LogP contribution in [-0.2, 0) is 9.59 Å². The molecule has 0 radical (unpaired) electrons. The molecule has 2 atom stereocenters. The molecule has 3 aromatic rings. The Labute approximate surface area is 192 Å². The van der Waals surface area contributed by atoms with Gasteiger partial charge in [0.2, 0.25) is 5.78 Å². The van der Waals surface area contributed by atoms with Crippen LogP contribution in [0.4, 0.5) is 5.82 Å². The largest absolute Gasteiger partial charge is 0.297 e. The predicted molar refractivity (Wildman–Crippen MR) is 124 cm³/mol. The molecule has 1 aliphatic rings. The van der Waals surface area contributed by atoms with Gasteiger partial charge in [0.05, 0.1) is 11.6 Å². The highest BCUT2D eigenvalue weighted by Gasteiger charge is 2.52. The summed E-state index contributed by atoms with van der Waals surface area (Å²) in [5, 5.41) is 9.08. The molecule has 1 aliphatic heterocycles. The number of hydrogen-bond donors (Lipinski definition) is 0. The Morgan fingerprint density at radius 2 is 1.67 bits per heavy atom. The molecule has 4 rings (SSSR count). The summed E-state index contributed by atoms with van der Waals surface area (Å²) >= 11 is 0. The Kier molecular flexibility index (Phi) is 5.89. The van der Waals surface area contributed by atoms with E-state index >= 15 is 0 Å². The summed E-state index contributed by atoms with van der Waals surface area (Å²) in [6.45, 7) is 6.07. The van der Waals surface area contributed by atoms with Crippen molar-refractivity contribution >= 4 is 23.3 Å². The molecule has 2 unspecified atom stereocenters. The lowest BCUT2D eigenvalue weighted by Crippen LogP contribution is -2.31. The molecule has 6 heteroatoms. The molecule has 1 saturated heterocycles. The van der Waals surface area contributed by atoms with Crippen molar-refractivity contribution in [2.24, 2.45) is 5.92 Å². The van der Waals surface area contributed by atoms with E-state index in [0.717, 1.165) is 11.1 Å². The fourth-order valence-corrected chi connectivity index (χ4v) is 4.09. The third kappa shape index (κ3) is 4.06. The van der Waals surface area contributed by atoms with Gasteiger partial charge >= 0.3 is 0 Å². The fraction of sp³-hybridized carbons (Fsp3) is 0.222. The number of nitriles is 1. The van der Waals surface area contributed by atoms with Gasteiger partial charge in [-0.3, -0.25) is 19.3 Å². The van der Waals surface area contributed by atoms with Crippen molar-refractivity contribution in [3.8, 4) is 6.07 Å². The highest BCUT2D eigenvalue weighted by atomic mass is 16.2.